The first-order valence-corrected chi connectivity index (χ1v) is 4.92. The number of rotatable bonds is 1. The van der Waals surface area contributed by atoms with Crippen molar-refractivity contribution in [1.82, 2.24) is 4.98 Å². The molecule has 0 fully saturated rings. The number of pyridine rings is 1. The Morgan fingerprint density at radius 3 is 3.08 bits per heavy atom. The Labute approximate surface area is 82.6 Å². The molecule has 1 aromatic rings. The van der Waals surface area contributed by atoms with Crippen LogP contribution in [0.3, 0.4) is 0 Å². The topological polar surface area (TPSA) is 33.1 Å². The number of hydrogen-bond donors (Lipinski definition) is 1. The number of aliphatic hydroxyl groups is 1. The fourth-order valence-corrected chi connectivity index (χ4v) is 2.02. The van der Waals surface area contributed by atoms with Crippen molar-refractivity contribution >= 4 is 11.6 Å². The predicted molar refractivity (Wildman–Crippen MR) is 51.8 cm³/mol. The Hall–Kier alpha value is -0.600. The minimum atomic E-state index is -0.736. The summed E-state index contributed by atoms with van der Waals surface area (Å²) in [5.74, 6) is 0. The molecule has 2 nitrogen and oxygen atoms in total. The molecule has 1 aliphatic carbocycles. The van der Waals surface area contributed by atoms with Crippen LogP contribution in [0.15, 0.2) is 12.1 Å². The van der Waals surface area contributed by atoms with Gasteiger partial charge in [0.05, 0.1) is 5.69 Å². The smallest absolute Gasteiger partial charge is 0.129 e. The summed E-state index contributed by atoms with van der Waals surface area (Å²) >= 11 is 5.79. The van der Waals surface area contributed by atoms with E-state index in [1.165, 1.54) is 0 Å². The first kappa shape index (κ1) is 8.97. The second-order valence-electron chi connectivity index (χ2n) is 3.53. The predicted octanol–water partition coefficient (Wildman–Crippen LogP) is 2.28. The van der Waals surface area contributed by atoms with Gasteiger partial charge in [-0.3, -0.25) is 0 Å². The molecule has 13 heavy (non-hydrogen) atoms. The van der Waals surface area contributed by atoms with Crippen molar-refractivity contribution in [2.24, 2.45) is 0 Å². The van der Waals surface area contributed by atoms with Gasteiger partial charge in [-0.25, -0.2) is 4.98 Å². The summed E-state index contributed by atoms with van der Waals surface area (Å²) in [7, 11) is 0. The standard InChI is InChI=1S/C10H12ClNO/c1-2-10(13)6-5-7-3-4-8(11)12-9(7)10/h3-4,13H,2,5-6H2,1H3. The summed E-state index contributed by atoms with van der Waals surface area (Å²) in [6.45, 7) is 1.97. The Morgan fingerprint density at radius 1 is 1.62 bits per heavy atom. The molecule has 0 saturated heterocycles. The number of halogens is 1. The third kappa shape index (κ3) is 1.34. The summed E-state index contributed by atoms with van der Waals surface area (Å²) in [5, 5.41) is 10.6. The molecule has 0 aliphatic heterocycles. The Bertz CT molecular complexity index is 340. The van der Waals surface area contributed by atoms with Crippen molar-refractivity contribution in [3.05, 3.63) is 28.5 Å². The Balaban J connectivity index is 2.52. The molecule has 1 aliphatic rings. The zero-order chi connectivity index (χ0) is 9.47. The zero-order valence-electron chi connectivity index (χ0n) is 7.55. The van der Waals surface area contributed by atoms with Gasteiger partial charge in [-0.2, -0.15) is 0 Å². The molecule has 1 N–H and O–H groups in total. The Kier molecular flexibility index (Phi) is 2.05. The molecule has 0 amide bonds. The van der Waals surface area contributed by atoms with Crippen molar-refractivity contribution in [1.29, 1.82) is 0 Å². The first-order chi connectivity index (χ1) is 6.15. The summed E-state index contributed by atoms with van der Waals surface area (Å²) < 4.78 is 0. The highest BCUT2D eigenvalue weighted by Gasteiger charge is 2.36. The van der Waals surface area contributed by atoms with E-state index in [2.05, 4.69) is 4.98 Å². The van der Waals surface area contributed by atoms with Crippen LogP contribution in [0.2, 0.25) is 5.15 Å². The Morgan fingerprint density at radius 2 is 2.38 bits per heavy atom. The molecule has 1 atom stereocenters. The third-order valence-corrected chi connectivity index (χ3v) is 2.99. The molecule has 2 rings (SSSR count). The van der Waals surface area contributed by atoms with Gasteiger partial charge in [0.15, 0.2) is 0 Å². The maximum Gasteiger partial charge on any atom is 0.129 e. The molecule has 0 aromatic carbocycles. The third-order valence-electron chi connectivity index (χ3n) is 2.78. The van der Waals surface area contributed by atoms with E-state index in [0.717, 1.165) is 24.1 Å². The van der Waals surface area contributed by atoms with E-state index in [1.807, 2.05) is 13.0 Å². The van der Waals surface area contributed by atoms with E-state index in [9.17, 15) is 5.11 Å². The SMILES string of the molecule is CCC1(O)CCc2ccc(Cl)nc21. The van der Waals surface area contributed by atoms with E-state index in [0.29, 0.717) is 11.6 Å². The van der Waals surface area contributed by atoms with E-state index >= 15 is 0 Å². The molecule has 3 heteroatoms. The number of aromatic nitrogens is 1. The highest BCUT2D eigenvalue weighted by molar-refractivity contribution is 6.29. The highest BCUT2D eigenvalue weighted by Crippen LogP contribution is 2.38. The normalized spacial score (nSPS) is 26.1. The van der Waals surface area contributed by atoms with Gasteiger partial charge in [0, 0.05) is 0 Å². The van der Waals surface area contributed by atoms with Gasteiger partial charge in [-0.15, -0.1) is 0 Å². The minimum absolute atomic E-state index is 0.465. The zero-order valence-corrected chi connectivity index (χ0v) is 8.30. The van der Waals surface area contributed by atoms with Crippen molar-refractivity contribution in [2.45, 2.75) is 31.8 Å². The van der Waals surface area contributed by atoms with E-state index in [-0.39, 0.29) is 0 Å². The first-order valence-electron chi connectivity index (χ1n) is 4.54. The average Bonchev–Trinajstić information content (AvgIpc) is 2.45. The molecule has 70 valence electrons. The fraction of sp³-hybridized carbons (Fsp3) is 0.500. The van der Waals surface area contributed by atoms with Crippen LogP contribution >= 0.6 is 11.6 Å². The van der Waals surface area contributed by atoms with Gasteiger partial charge in [0.1, 0.15) is 10.8 Å². The van der Waals surface area contributed by atoms with E-state index in [4.69, 9.17) is 11.6 Å². The summed E-state index contributed by atoms with van der Waals surface area (Å²) in [5.41, 5.74) is 1.18. The van der Waals surface area contributed by atoms with Crippen LogP contribution in [0.5, 0.6) is 0 Å². The molecular formula is C10H12ClNO. The minimum Gasteiger partial charge on any atom is -0.384 e. The highest BCUT2D eigenvalue weighted by atomic mass is 35.5. The lowest BCUT2D eigenvalue weighted by atomic mass is 9.98. The summed E-state index contributed by atoms with van der Waals surface area (Å²) in [6, 6.07) is 3.74. The van der Waals surface area contributed by atoms with E-state index in [1.54, 1.807) is 6.07 Å². The molecule has 0 saturated carbocycles. The van der Waals surface area contributed by atoms with Crippen molar-refractivity contribution in [3.8, 4) is 0 Å². The van der Waals surface area contributed by atoms with Crippen molar-refractivity contribution < 1.29 is 5.11 Å². The molecule has 1 aromatic heterocycles. The van der Waals surface area contributed by atoms with Crippen LogP contribution in [0.4, 0.5) is 0 Å². The van der Waals surface area contributed by atoms with Crippen LogP contribution in [-0.4, -0.2) is 10.1 Å². The maximum absolute atomic E-state index is 10.2. The number of fused-ring (bicyclic) bond motifs is 1. The van der Waals surface area contributed by atoms with Gasteiger partial charge in [0.2, 0.25) is 0 Å². The fourth-order valence-electron chi connectivity index (χ4n) is 1.87. The number of hydrogen-bond acceptors (Lipinski definition) is 2. The summed E-state index contributed by atoms with van der Waals surface area (Å²) in [4.78, 5) is 4.19. The average molecular weight is 198 g/mol. The number of aryl methyl sites for hydroxylation is 1. The quantitative estimate of drug-likeness (QED) is 0.701. The molecule has 1 unspecified atom stereocenters. The van der Waals surface area contributed by atoms with Gasteiger partial charge in [0.25, 0.3) is 0 Å². The maximum atomic E-state index is 10.2. The van der Waals surface area contributed by atoms with Crippen LogP contribution in [-0.2, 0) is 12.0 Å². The molecular weight excluding hydrogens is 186 g/mol. The second kappa shape index (κ2) is 2.96. The van der Waals surface area contributed by atoms with Crippen LogP contribution in [0.25, 0.3) is 0 Å². The lowest BCUT2D eigenvalue weighted by Crippen LogP contribution is -2.22. The lowest BCUT2D eigenvalue weighted by molar-refractivity contribution is 0.0306. The van der Waals surface area contributed by atoms with Crippen molar-refractivity contribution in [2.75, 3.05) is 0 Å². The summed E-state index contributed by atoms with van der Waals surface area (Å²) in [6.07, 6.45) is 2.38. The monoisotopic (exact) mass is 197 g/mol. The van der Waals surface area contributed by atoms with Gasteiger partial charge >= 0.3 is 0 Å². The molecule has 0 radical (unpaired) electrons. The molecule has 1 heterocycles. The molecule has 0 bridgehead atoms. The van der Waals surface area contributed by atoms with E-state index < -0.39 is 5.60 Å². The molecule has 0 spiro atoms. The van der Waals surface area contributed by atoms with Crippen LogP contribution < -0.4 is 0 Å². The van der Waals surface area contributed by atoms with Gasteiger partial charge < -0.3 is 5.11 Å². The second-order valence-corrected chi connectivity index (χ2v) is 3.91. The van der Waals surface area contributed by atoms with Gasteiger partial charge in [-0.05, 0) is 30.9 Å². The van der Waals surface area contributed by atoms with Crippen LogP contribution in [0, 0.1) is 0 Å². The largest absolute Gasteiger partial charge is 0.384 e. The van der Waals surface area contributed by atoms with Gasteiger partial charge in [-0.1, -0.05) is 24.6 Å². The van der Waals surface area contributed by atoms with Crippen molar-refractivity contribution in [3.63, 3.8) is 0 Å². The lowest BCUT2D eigenvalue weighted by Gasteiger charge is -2.20. The van der Waals surface area contributed by atoms with Crippen LogP contribution in [0.1, 0.15) is 31.0 Å². The number of nitrogens with zero attached hydrogens (tertiary/aromatic N) is 1.